The van der Waals surface area contributed by atoms with Crippen LogP contribution in [0.1, 0.15) is 32.3 Å². The van der Waals surface area contributed by atoms with E-state index < -0.39 is 0 Å². The number of rotatable bonds is 6. The molecule has 112 valence electrons. The SMILES string of the molecule is CCOc1cccc(Oc2ncnc(NC)c2C(C)C)c1. The van der Waals surface area contributed by atoms with Crippen LogP contribution in [0.3, 0.4) is 0 Å². The van der Waals surface area contributed by atoms with E-state index in [1.165, 1.54) is 6.33 Å². The molecule has 0 aliphatic carbocycles. The number of anilines is 1. The molecule has 0 spiro atoms. The molecule has 0 amide bonds. The highest BCUT2D eigenvalue weighted by Gasteiger charge is 2.16. The Morgan fingerprint density at radius 3 is 2.62 bits per heavy atom. The molecule has 1 aromatic carbocycles. The third kappa shape index (κ3) is 3.62. The number of aromatic nitrogens is 2. The average Bonchev–Trinajstić information content (AvgIpc) is 2.47. The summed E-state index contributed by atoms with van der Waals surface area (Å²) in [5, 5.41) is 3.08. The van der Waals surface area contributed by atoms with Crippen molar-refractivity contribution >= 4 is 5.82 Å². The van der Waals surface area contributed by atoms with Gasteiger partial charge in [0.05, 0.1) is 12.2 Å². The van der Waals surface area contributed by atoms with Crippen molar-refractivity contribution in [2.24, 2.45) is 0 Å². The molecule has 5 heteroatoms. The van der Waals surface area contributed by atoms with Crippen LogP contribution in [0.15, 0.2) is 30.6 Å². The number of hydrogen-bond donors (Lipinski definition) is 1. The summed E-state index contributed by atoms with van der Waals surface area (Å²) in [5.74, 6) is 3.08. The lowest BCUT2D eigenvalue weighted by Crippen LogP contribution is -2.04. The summed E-state index contributed by atoms with van der Waals surface area (Å²) in [7, 11) is 1.84. The molecule has 0 atom stereocenters. The van der Waals surface area contributed by atoms with Crippen LogP contribution in [0.5, 0.6) is 17.4 Å². The molecule has 0 saturated carbocycles. The molecule has 0 fully saturated rings. The summed E-state index contributed by atoms with van der Waals surface area (Å²) in [5.41, 5.74) is 0.960. The fourth-order valence-corrected chi connectivity index (χ4v) is 2.09. The van der Waals surface area contributed by atoms with E-state index in [2.05, 4.69) is 29.1 Å². The number of ether oxygens (including phenoxy) is 2. The highest BCUT2D eigenvalue weighted by atomic mass is 16.5. The first-order chi connectivity index (χ1) is 10.2. The second kappa shape index (κ2) is 6.92. The summed E-state index contributed by atoms with van der Waals surface area (Å²) in [6.45, 7) is 6.75. The maximum atomic E-state index is 5.93. The summed E-state index contributed by atoms with van der Waals surface area (Å²) in [6, 6.07) is 7.54. The average molecular weight is 287 g/mol. The van der Waals surface area contributed by atoms with Crippen molar-refractivity contribution in [3.8, 4) is 17.4 Å². The molecule has 2 aromatic rings. The van der Waals surface area contributed by atoms with Gasteiger partial charge in [-0.05, 0) is 25.0 Å². The largest absolute Gasteiger partial charge is 0.494 e. The van der Waals surface area contributed by atoms with Crippen molar-refractivity contribution in [3.05, 3.63) is 36.2 Å². The van der Waals surface area contributed by atoms with E-state index in [4.69, 9.17) is 9.47 Å². The zero-order valence-corrected chi connectivity index (χ0v) is 12.9. The first-order valence-corrected chi connectivity index (χ1v) is 7.09. The highest BCUT2D eigenvalue weighted by Crippen LogP contribution is 2.33. The quantitative estimate of drug-likeness (QED) is 0.875. The van der Waals surface area contributed by atoms with Gasteiger partial charge in [-0.15, -0.1) is 0 Å². The molecule has 0 unspecified atom stereocenters. The van der Waals surface area contributed by atoms with Crippen LogP contribution in [0.4, 0.5) is 5.82 Å². The molecule has 0 bridgehead atoms. The summed E-state index contributed by atoms with van der Waals surface area (Å²) >= 11 is 0. The molecule has 1 N–H and O–H groups in total. The van der Waals surface area contributed by atoms with Crippen molar-refractivity contribution < 1.29 is 9.47 Å². The van der Waals surface area contributed by atoms with Gasteiger partial charge in [0.25, 0.3) is 0 Å². The minimum Gasteiger partial charge on any atom is -0.494 e. The van der Waals surface area contributed by atoms with Crippen LogP contribution in [0.25, 0.3) is 0 Å². The second-order valence-corrected chi connectivity index (χ2v) is 4.86. The van der Waals surface area contributed by atoms with E-state index in [1.807, 2.05) is 38.2 Å². The minimum absolute atomic E-state index is 0.249. The Morgan fingerprint density at radius 1 is 1.19 bits per heavy atom. The van der Waals surface area contributed by atoms with E-state index in [0.29, 0.717) is 18.2 Å². The predicted octanol–water partition coefficient (Wildman–Crippen LogP) is 3.83. The van der Waals surface area contributed by atoms with Crippen molar-refractivity contribution in [3.63, 3.8) is 0 Å². The normalized spacial score (nSPS) is 10.5. The van der Waals surface area contributed by atoms with Crippen LogP contribution in [0, 0.1) is 0 Å². The topological polar surface area (TPSA) is 56.3 Å². The Labute approximate surface area is 125 Å². The van der Waals surface area contributed by atoms with E-state index >= 15 is 0 Å². The molecular weight excluding hydrogens is 266 g/mol. The summed E-state index contributed by atoms with van der Waals surface area (Å²) in [4.78, 5) is 8.51. The highest BCUT2D eigenvalue weighted by molar-refractivity contribution is 5.51. The Balaban J connectivity index is 2.33. The molecule has 5 nitrogen and oxygen atoms in total. The first kappa shape index (κ1) is 15.1. The van der Waals surface area contributed by atoms with Gasteiger partial charge in [0.1, 0.15) is 23.6 Å². The van der Waals surface area contributed by atoms with Gasteiger partial charge in [0, 0.05) is 13.1 Å². The van der Waals surface area contributed by atoms with Gasteiger partial charge in [-0.2, -0.15) is 0 Å². The lowest BCUT2D eigenvalue weighted by molar-refractivity contribution is 0.337. The second-order valence-electron chi connectivity index (χ2n) is 4.86. The standard InChI is InChI=1S/C16H21N3O2/c1-5-20-12-7-6-8-13(9-12)21-16-14(11(2)3)15(17-4)18-10-19-16/h6-11H,5H2,1-4H3,(H,17,18,19). The number of nitrogens with one attached hydrogen (secondary N) is 1. The van der Waals surface area contributed by atoms with Crippen LogP contribution >= 0.6 is 0 Å². The van der Waals surface area contributed by atoms with Gasteiger partial charge in [-0.1, -0.05) is 19.9 Å². The maximum Gasteiger partial charge on any atom is 0.227 e. The van der Waals surface area contributed by atoms with Gasteiger partial charge < -0.3 is 14.8 Å². The number of hydrogen-bond acceptors (Lipinski definition) is 5. The molecule has 1 heterocycles. The van der Waals surface area contributed by atoms with E-state index in [0.717, 1.165) is 17.1 Å². The molecule has 0 radical (unpaired) electrons. The maximum absolute atomic E-state index is 5.93. The van der Waals surface area contributed by atoms with Crippen LogP contribution < -0.4 is 14.8 Å². The van der Waals surface area contributed by atoms with Gasteiger partial charge in [0.2, 0.25) is 5.88 Å². The van der Waals surface area contributed by atoms with Crippen molar-refractivity contribution in [2.75, 3.05) is 19.0 Å². The fourth-order valence-electron chi connectivity index (χ4n) is 2.09. The van der Waals surface area contributed by atoms with Crippen LogP contribution in [-0.2, 0) is 0 Å². The minimum atomic E-state index is 0.249. The molecule has 0 aliphatic heterocycles. The Morgan fingerprint density at radius 2 is 1.95 bits per heavy atom. The zero-order valence-electron chi connectivity index (χ0n) is 12.9. The Hall–Kier alpha value is -2.30. The van der Waals surface area contributed by atoms with Gasteiger partial charge in [0.15, 0.2) is 0 Å². The van der Waals surface area contributed by atoms with E-state index in [9.17, 15) is 0 Å². The number of benzene rings is 1. The molecule has 1 aromatic heterocycles. The van der Waals surface area contributed by atoms with Crippen molar-refractivity contribution in [2.45, 2.75) is 26.7 Å². The van der Waals surface area contributed by atoms with Crippen LogP contribution in [0.2, 0.25) is 0 Å². The molecule has 0 aliphatic rings. The van der Waals surface area contributed by atoms with Crippen molar-refractivity contribution in [1.29, 1.82) is 0 Å². The van der Waals surface area contributed by atoms with Crippen molar-refractivity contribution in [1.82, 2.24) is 9.97 Å². The Bertz CT molecular complexity index is 600. The lowest BCUT2D eigenvalue weighted by Gasteiger charge is -2.16. The first-order valence-electron chi connectivity index (χ1n) is 7.09. The molecular formula is C16H21N3O2. The van der Waals surface area contributed by atoms with Gasteiger partial charge >= 0.3 is 0 Å². The van der Waals surface area contributed by atoms with Gasteiger partial charge in [-0.25, -0.2) is 9.97 Å². The third-order valence-corrected chi connectivity index (χ3v) is 2.99. The fraction of sp³-hybridized carbons (Fsp3) is 0.375. The Kier molecular flexibility index (Phi) is 4.98. The number of nitrogens with zero attached hydrogens (tertiary/aromatic N) is 2. The molecule has 21 heavy (non-hydrogen) atoms. The smallest absolute Gasteiger partial charge is 0.227 e. The van der Waals surface area contributed by atoms with E-state index in [1.54, 1.807) is 0 Å². The predicted molar refractivity (Wildman–Crippen MR) is 83.4 cm³/mol. The van der Waals surface area contributed by atoms with E-state index in [-0.39, 0.29) is 5.92 Å². The summed E-state index contributed by atoms with van der Waals surface area (Å²) in [6.07, 6.45) is 1.50. The zero-order chi connectivity index (χ0) is 15.2. The lowest BCUT2D eigenvalue weighted by atomic mass is 10.1. The summed E-state index contributed by atoms with van der Waals surface area (Å²) < 4.78 is 11.4. The van der Waals surface area contributed by atoms with Gasteiger partial charge in [-0.3, -0.25) is 0 Å². The molecule has 0 saturated heterocycles. The monoisotopic (exact) mass is 287 g/mol. The van der Waals surface area contributed by atoms with Crippen LogP contribution in [-0.4, -0.2) is 23.6 Å². The molecule has 2 rings (SSSR count). The third-order valence-electron chi connectivity index (χ3n) is 2.99.